The van der Waals surface area contributed by atoms with Crippen molar-refractivity contribution in [3.8, 4) is 5.75 Å². The molecule has 11 heteroatoms. The van der Waals surface area contributed by atoms with Crippen LogP contribution in [0, 0.1) is 5.92 Å². The molecular weight excluding hydrogens is 556 g/mol. The Labute approximate surface area is 244 Å². The highest BCUT2D eigenvalue weighted by atomic mass is 32.2. The van der Waals surface area contributed by atoms with Crippen molar-refractivity contribution < 1.29 is 27.5 Å². The number of amides is 2. The zero-order chi connectivity index (χ0) is 29.9. The number of nitrogens with zero attached hydrogens (tertiary/aromatic N) is 3. The molecule has 0 radical (unpaired) electrons. The summed E-state index contributed by atoms with van der Waals surface area (Å²) in [4.78, 5) is 37.3. The van der Waals surface area contributed by atoms with Crippen LogP contribution in [-0.2, 0) is 24.4 Å². The molecule has 3 aromatic rings. The van der Waals surface area contributed by atoms with Crippen LogP contribution in [0.4, 0.5) is 11.4 Å². The normalized spacial score (nSPS) is 18.6. The number of esters is 1. The van der Waals surface area contributed by atoms with Crippen LogP contribution in [0.2, 0.25) is 0 Å². The van der Waals surface area contributed by atoms with Crippen LogP contribution in [0.1, 0.15) is 32.3 Å². The number of benzene rings is 3. The number of hydrazone groups is 1. The lowest BCUT2D eigenvalue weighted by atomic mass is 10.00. The van der Waals surface area contributed by atoms with Gasteiger partial charge in [0.2, 0.25) is 15.9 Å². The van der Waals surface area contributed by atoms with Gasteiger partial charge in [-0.3, -0.25) is 14.4 Å². The highest BCUT2D eigenvalue weighted by Crippen LogP contribution is 2.28. The van der Waals surface area contributed by atoms with Gasteiger partial charge in [-0.15, -0.1) is 0 Å². The number of para-hydroxylation sites is 1. The Hall–Kier alpha value is -4.61. The van der Waals surface area contributed by atoms with E-state index in [1.807, 2.05) is 30.3 Å². The SMILES string of the molecule is CC(=O)Nc1ccc(S(=O)(=O)N2CCCC(C(=O)Oc3ccc(C=C4C(=O)N(c5ccccc5)N=C4C)cc3)C2)cc1. The molecule has 2 heterocycles. The van der Waals surface area contributed by atoms with Crippen LogP contribution < -0.4 is 15.1 Å². The zero-order valence-electron chi connectivity index (χ0n) is 23.2. The fraction of sp³-hybridized carbons (Fsp3) is 0.226. The number of ether oxygens (including phenoxy) is 1. The van der Waals surface area contributed by atoms with Crippen LogP contribution in [-0.4, -0.2) is 49.3 Å². The molecule has 1 unspecified atom stereocenters. The smallest absolute Gasteiger partial charge is 0.315 e. The number of anilines is 2. The van der Waals surface area contributed by atoms with Crippen molar-refractivity contribution in [1.29, 1.82) is 0 Å². The molecule has 1 saturated heterocycles. The molecular formula is C31H30N4O6S. The van der Waals surface area contributed by atoms with Gasteiger partial charge in [-0.05, 0) is 79.9 Å². The predicted octanol–water partition coefficient (Wildman–Crippen LogP) is 4.46. The van der Waals surface area contributed by atoms with E-state index in [2.05, 4.69) is 10.4 Å². The summed E-state index contributed by atoms with van der Waals surface area (Å²) in [7, 11) is -3.83. The Balaban J connectivity index is 1.21. The topological polar surface area (TPSA) is 125 Å². The first kappa shape index (κ1) is 28.9. The number of hydrogen-bond donors (Lipinski definition) is 1. The monoisotopic (exact) mass is 586 g/mol. The molecule has 10 nitrogen and oxygen atoms in total. The number of nitrogens with one attached hydrogen (secondary N) is 1. The van der Waals surface area contributed by atoms with Gasteiger partial charge in [0.1, 0.15) is 5.75 Å². The fourth-order valence-electron chi connectivity index (χ4n) is 4.84. The van der Waals surface area contributed by atoms with Gasteiger partial charge in [-0.25, -0.2) is 8.42 Å². The summed E-state index contributed by atoms with van der Waals surface area (Å²) in [5.41, 5.74) is 2.98. The number of carbonyl (C=O) groups excluding carboxylic acids is 3. The lowest BCUT2D eigenvalue weighted by Crippen LogP contribution is -2.43. The van der Waals surface area contributed by atoms with Crippen LogP contribution in [0.5, 0.6) is 5.75 Å². The molecule has 0 spiro atoms. The van der Waals surface area contributed by atoms with Gasteiger partial charge >= 0.3 is 5.97 Å². The molecule has 0 aliphatic carbocycles. The van der Waals surface area contributed by atoms with E-state index in [4.69, 9.17) is 4.74 Å². The Morgan fingerprint density at radius 1 is 1.00 bits per heavy atom. The maximum Gasteiger partial charge on any atom is 0.315 e. The minimum atomic E-state index is -3.83. The lowest BCUT2D eigenvalue weighted by Gasteiger charge is -2.30. The van der Waals surface area contributed by atoms with Gasteiger partial charge in [0.15, 0.2) is 0 Å². The number of rotatable bonds is 7. The average molecular weight is 587 g/mol. The second-order valence-corrected chi connectivity index (χ2v) is 12.0. The quantitative estimate of drug-likeness (QED) is 0.248. The molecule has 2 aliphatic rings. The molecule has 0 bridgehead atoms. The van der Waals surface area contributed by atoms with Gasteiger partial charge < -0.3 is 10.1 Å². The van der Waals surface area contributed by atoms with E-state index in [1.54, 1.807) is 37.3 Å². The highest BCUT2D eigenvalue weighted by molar-refractivity contribution is 7.89. The van der Waals surface area contributed by atoms with Crippen molar-refractivity contribution >= 4 is 51.0 Å². The van der Waals surface area contributed by atoms with E-state index in [1.165, 1.54) is 40.5 Å². The maximum absolute atomic E-state index is 13.2. The third-order valence-corrected chi connectivity index (χ3v) is 8.88. The summed E-state index contributed by atoms with van der Waals surface area (Å²) >= 11 is 0. The molecule has 216 valence electrons. The Bertz CT molecular complexity index is 1670. The van der Waals surface area contributed by atoms with Crippen molar-refractivity contribution in [3.05, 3.63) is 90.0 Å². The molecule has 5 rings (SSSR count). The minimum absolute atomic E-state index is 0.0113. The van der Waals surface area contributed by atoms with Crippen LogP contribution in [0.3, 0.4) is 0 Å². The number of piperidine rings is 1. The summed E-state index contributed by atoms with van der Waals surface area (Å²) in [6, 6.07) is 21.9. The van der Waals surface area contributed by atoms with Crippen molar-refractivity contribution in [2.75, 3.05) is 23.4 Å². The van der Waals surface area contributed by atoms with E-state index in [-0.39, 0.29) is 23.3 Å². The molecule has 1 fully saturated rings. The summed E-state index contributed by atoms with van der Waals surface area (Å²) in [6.45, 7) is 3.46. The van der Waals surface area contributed by atoms with E-state index < -0.39 is 21.9 Å². The second-order valence-electron chi connectivity index (χ2n) is 10.1. The first-order valence-electron chi connectivity index (χ1n) is 13.5. The first-order chi connectivity index (χ1) is 20.1. The predicted molar refractivity (Wildman–Crippen MR) is 159 cm³/mol. The molecule has 1 atom stereocenters. The van der Waals surface area contributed by atoms with Gasteiger partial charge in [-0.1, -0.05) is 30.3 Å². The molecule has 0 saturated carbocycles. The summed E-state index contributed by atoms with van der Waals surface area (Å²) in [5.74, 6) is -1.28. The maximum atomic E-state index is 13.2. The van der Waals surface area contributed by atoms with Crippen molar-refractivity contribution in [1.82, 2.24) is 4.31 Å². The van der Waals surface area contributed by atoms with E-state index in [0.29, 0.717) is 47.8 Å². The molecule has 0 aromatic heterocycles. The van der Waals surface area contributed by atoms with Crippen LogP contribution >= 0.6 is 0 Å². The highest BCUT2D eigenvalue weighted by Gasteiger charge is 2.34. The molecule has 2 amide bonds. The van der Waals surface area contributed by atoms with Crippen molar-refractivity contribution in [2.24, 2.45) is 11.0 Å². The van der Waals surface area contributed by atoms with Crippen molar-refractivity contribution in [3.63, 3.8) is 0 Å². The minimum Gasteiger partial charge on any atom is -0.426 e. The summed E-state index contributed by atoms with van der Waals surface area (Å²) in [6.07, 6.45) is 2.77. The van der Waals surface area contributed by atoms with E-state index in [0.717, 1.165) is 5.56 Å². The number of sulfonamides is 1. The Morgan fingerprint density at radius 3 is 2.36 bits per heavy atom. The molecule has 42 heavy (non-hydrogen) atoms. The van der Waals surface area contributed by atoms with Crippen LogP contribution in [0.25, 0.3) is 6.08 Å². The first-order valence-corrected chi connectivity index (χ1v) is 14.9. The molecule has 3 aromatic carbocycles. The summed E-state index contributed by atoms with van der Waals surface area (Å²) < 4.78 is 33.3. The van der Waals surface area contributed by atoms with Gasteiger partial charge in [0.25, 0.3) is 5.91 Å². The van der Waals surface area contributed by atoms with E-state index in [9.17, 15) is 22.8 Å². The van der Waals surface area contributed by atoms with Crippen molar-refractivity contribution in [2.45, 2.75) is 31.6 Å². The molecule has 1 N–H and O–H groups in total. The fourth-order valence-corrected chi connectivity index (χ4v) is 6.37. The zero-order valence-corrected chi connectivity index (χ0v) is 24.0. The lowest BCUT2D eigenvalue weighted by molar-refractivity contribution is -0.140. The number of carbonyl (C=O) groups is 3. The Morgan fingerprint density at radius 2 is 1.69 bits per heavy atom. The molecule has 2 aliphatic heterocycles. The summed E-state index contributed by atoms with van der Waals surface area (Å²) in [5, 5.41) is 8.36. The van der Waals surface area contributed by atoms with Gasteiger partial charge in [0, 0.05) is 25.7 Å². The largest absolute Gasteiger partial charge is 0.426 e. The van der Waals surface area contributed by atoms with Crippen LogP contribution in [0.15, 0.2) is 94.4 Å². The van der Waals surface area contributed by atoms with Gasteiger partial charge in [0.05, 0.1) is 27.8 Å². The standard InChI is InChI=1S/C31H30N4O6S/c1-21-29(30(37)35(33-21)26-8-4-3-5-9-26)19-23-10-14-27(15-11-23)41-31(38)24-7-6-18-34(20-24)42(39,40)28-16-12-25(13-17-28)32-22(2)36/h3-5,8-17,19,24H,6-7,18,20H2,1-2H3,(H,32,36). The van der Waals surface area contributed by atoms with Gasteiger partial charge in [-0.2, -0.15) is 14.4 Å². The third kappa shape index (κ3) is 6.32. The average Bonchev–Trinajstić information content (AvgIpc) is 3.27. The number of hydrogen-bond acceptors (Lipinski definition) is 7. The third-order valence-electron chi connectivity index (χ3n) is 7.00. The Kier molecular flexibility index (Phi) is 8.32. The second kappa shape index (κ2) is 12.1. The van der Waals surface area contributed by atoms with E-state index >= 15 is 0 Å².